The van der Waals surface area contributed by atoms with Gasteiger partial charge in [-0.1, -0.05) is 12.1 Å². The van der Waals surface area contributed by atoms with Crippen LogP contribution in [-0.2, 0) is 4.74 Å². The molecule has 130 valence electrons. The summed E-state index contributed by atoms with van der Waals surface area (Å²) in [6.45, 7) is 7.37. The molecule has 0 bridgehead atoms. The molecule has 0 amide bonds. The molecule has 0 spiro atoms. The standard InChI is InChI=1S/C18H24N2O4/c1-22-12-10-19-6-8-20(9-7-19)11-13-23-17-14-18(21)24-16-5-3-2-4-15(16)17/h2-5,14H,6-13H2,1H3. The number of hydrogen-bond donors (Lipinski definition) is 0. The SMILES string of the molecule is COCCN1CCN(CCOc2cc(=O)oc3ccccc23)CC1. The first-order chi connectivity index (χ1) is 11.8. The summed E-state index contributed by atoms with van der Waals surface area (Å²) in [4.78, 5) is 16.4. The highest BCUT2D eigenvalue weighted by Gasteiger charge is 2.16. The van der Waals surface area contributed by atoms with Crippen LogP contribution in [0.1, 0.15) is 0 Å². The molecular formula is C18H24N2O4. The molecule has 6 heteroatoms. The molecule has 24 heavy (non-hydrogen) atoms. The molecule has 1 aliphatic rings. The predicted molar refractivity (Wildman–Crippen MR) is 92.7 cm³/mol. The van der Waals surface area contributed by atoms with Crippen LogP contribution >= 0.6 is 0 Å². The number of para-hydroxylation sites is 1. The van der Waals surface area contributed by atoms with E-state index in [1.165, 1.54) is 6.07 Å². The second kappa shape index (κ2) is 8.28. The number of rotatable bonds is 7. The zero-order chi connectivity index (χ0) is 16.8. The van der Waals surface area contributed by atoms with Gasteiger partial charge >= 0.3 is 5.63 Å². The van der Waals surface area contributed by atoms with E-state index in [4.69, 9.17) is 13.9 Å². The summed E-state index contributed by atoms with van der Waals surface area (Å²) < 4.78 is 16.2. The Kier molecular flexibility index (Phi) is 5.85. The Morgan fingerprint density at radius 2 is 1.71 bits per heavy atom. The maximum atomic E-state index is 11.6. The zero-order valence-corrected chi connectivity index (χ0v) is 14.1. The first-order valence-electron chi connectivity index (χ1n) is 8.35. The predicted octanol–water partition coefficient (Wildman–Crippen LogP) is 1.44. The maximum absolute atomic E-state index is 11.6. The van der Waals surface area contributed by atoms with Gasteiger partial charge in [-0.3, -0.25) is 9.80 Å². The smallest absolute Gasteiger partial charge is 0.339 e. The molecule has 1 aliphatic heterocycles. The lowest BCUT2D eigenvalue weighted by Gasteiger charge is -2.34. The number of nitrogens with zero attached hydrogens (tertiary/aromatic N) is 2. The molecule has 1 aromatic carbocycles. The van der Waals surface area contributed by atoms with Crippen molar-refractivity contribution in [2.45, 2.75) is 0 Å². The number of ether oxygens (including phenoxy) is 2. The van der Waals surface area contributed by atoms with Crippen LogP contribution in [0.2, 0.25) is 0 Å². The van der Waals surface area contributed by atoms with Gasteiger partial charge in [0.05, 0.1) is 18.1 Å². The number of methoxy groups -OCH3 is 1. The average Bonchev–Trinajstić information content (AvgIpc) is 2.61. The highest BCUT2D eigenvalue weighted by molar-refractivity contribution is 5.82. The molecule has 2 aromatic rings. The summed E-state index contributed by atoms with van der Waals surface area (Å²) in [6, 6.07) is 8.86. The Hall–Kier alpha value is -1.89. The third-order valence-electron chi connectivity index (χ3n) is 4.35. The molecule has 2 heterocycles. The highest BCUT2D eigenvalue weighted by atomic mass is 16.5. The largest absolute Gasteiger partial charge is 0.491 e. The molecule has 3 rings (SSSR count). The van der Waals surface area contributed by atoms with Crippen molar-refractivity contribution < 1.29 is 13.9 Å². The molecule has 6 nitrogen and oxygen atoms in total. The Morgan fingerprint density at radius 1 is 1.04 bits per heavy atom. The fraction of sp³-hybridized carbons (Fsp3) is 0.500. The highest BCUT2D eigenvalue weighted by Crippen LogP contribution is 2.23. The lowest BCUT2D eigenvalue weighted by molar-refractivity contribution is 0.0895. The first kappa shape index (κ1) is 17.0. The van der Waals surface area contributed by atoms with E-state index < -0.39 is 0 Å². The molecule has 0 radical (unpaired) electrons. The number of fused-ring (bicyclic) bond motifs is 1. The lowest BCUT2D eigenvalue weighted by atomic mass is 10.2. The van der Waals surface area contributed by atoms with Gasteiger partial charge in [0.2, 0.25) is 0 Å². The summed E-state index contributed by atoms with van der Waals surface area (Å²) in [5.41, 5.74) is 0.183. The van der Waals surface area contributed by atoms with E-state index in [1.807, 2.05) is 18.2 Å². The van der Waals surface area contributed by atoms with Crippen LogP contribution in [0.3, 0.4) is 0 Å². The van der Waals surface area contributed by atoms with Crippen molar-refractivity contribution in [3.8, 4) is 5.75 Å². The van der Waals surface area contributed by atoms with E-state index >= 15 is 0 Å². The Bertz CT molecular complexity index is 707. The van der Waals surface area contributed by atoms with Gasteiger partial charge in [0.15, 0.2) is 0 Å². The third kappa shape index (κ3) is 4.35. The quantitative estimate of drug-likeness (QED) is 0.715. The second-order valence-corrected chi connectivity index (χ2v) is 5.95. The molecule has 0 aliphatic carbocycles. The minimum absolute atomic E-state index is 0.379. The van der Waals surface area contributed by atoms with Crippen molar-refractivity contribution in [1.82, 2.24) is 9.80 Å². The van der Waals surface area contributed by atoms with Gasteiger partial charge in [0.1, 0.15) is 17.9 Å². The van der Waals surface area contributed by atoms with Gasteiger partial charge in [0, 0.05) is 46.4 Å². The number of benzene rings is 1. The molecule has 0 atom stereocenters. The van der Waals surface area contributed by atoms with Gasteiger partial charge in [-0.25, -0.2) is 4.79 Å². The lowest BCUT2D eigenvalue weighted by Crippen LogP contribution is -2.48. The van der Waals surface area contributed by atoms with E-state index in [1.54, 1.807) is 13.2 Å². The number of hydrogen-bond acceptors (Lipinski definition) is 6. The van der Waals surface area contributed by atoms with Gasteiger partial charge in [-0.15, -0.1) is 0 Å². The second-order valence-electron chi connectivity index (χ2n) is 5.95. The first-order valence-corrected chi connectivity index (χ1v) is 8.35. The number of piperazine rings is 1. The van der Waals surface area contributed by atoms with Gasteiger partial charge in [-0.2, -0.15) is 0 Å². The fourth-order valence-corrected chi connectivity index (χ4v) is 2.94. The van der Waals surface area contributed by atoms with Crippen molar-refractivity contribution >= 4 is 11.0 Å². The van der Waals surface area contributed by atoms with Gasteiger partial charge < -0.3 is 13.9 Å². The summed E-state index contributed by atoms with van der Waals surface area (Å²) in [5, 5.41) is 0.835. The van der Waals surface area contributed by atoms with Crippen molar-refractivity contribution in [3.05, 3.63) is 40.8 Å². The Labute approximate surface area is 141 Å². The third-order valence-corrected chi connectivity index (χ3v) is 4.35. The average molecular weight is 332 g/mol. The summed E-state index contributed by atoms with van der Waals surface area (Å²) in [6.07, 6.45) is 0. The Morgan fingerprint density at radius 3 is 2.42 bits per heavy atom. The zero-order valence-electron chi connectivity index (χ0n) is 14.1. The maximum Gasteiger partial charge on any atom is 0.339 e. The van der Waals surface area contributed by atoms with E-state index in [0.29, 0.717) is 17.9 Å². The molecular weight excluding hydrogens is 308 g/mol. The van der Waals surface area contributed by atoms with Crippen LogP contribution in [0.5, 0.6) is 5.75 Å². The van der Waals surface area contributed by atoms with Gasteiger partial charge in [0.25, 0.3) is 0 Å². The monoisotopic (exact) mass is 332 g/mol. The molecule has 1 aromatic heterocycles. The fourth-order valence-electron chi connectivity index (χ4n) is 2.94. The topological polar surface area (TPSA) is 55.2 Å². The summed E-state index contributed by atoms with van der Waals surface area (Å²) in [7, 11) is 1.74. The van der Waals surface area contributed by atoms with E-state index in [9.17, 15) is 4.79 Å². The van der Waals surface area contributed by atoms with Crippen molar-refractivity contribution in [1.29, 1.82) is 0 Å². The van der Waals surface area contributed by atoms with E-state index in [0.717, 1.165) is 51.3 Å². The molecule has 0 N–H and O–H groups in total. The van der Waals surface area contributed by atoms with Crippen LogP contribution in [-0.4, -0.2) is 69.4 Å². The molecule has 0 saturated carbocycles. The van der Waals surface area contributed by atoms with E-state index in [-0.39, 0.29) is 5.63 Å². The van der Waals surface area contributed by atoms with Gasteiger partial charge in [-0.05, 0) is 12.1 Å². The normalized spacial score (nSPS) is 16.5. The molecule has 1 fully saturated rings. The Balaban J connectivity index is 1.50. The van der Waals surface area contributed by atoms with Crippen LogP contribution in [0, 0.1) is 0 Å². The summed E-state index contributed by atoms with van der Waals surface area (Å²) in [5.74, 6) is 0.598. The molecule has 0 unspecified atom stereocenters. The minimum atomic E-state index is -0.379. The van der Waals surface area contributed by atoms with Crippen LogP contribution < -0.4 is 10.4 Å². The minimum Gasteiger partial charge on any atom is -0.491 e. The van der Waals surface area contributed by atoms with Crippen molar-refractivity contribution in [2.24, 2.45) is 0 Å². The van der Waals surface area contributed by atoms with Crippen molar-refractivity contribution in [3.63, 3.8) is 0 Å². The summed E-state index contributed by atoms with van der Waals surface area (Å²) >= 11 is 0. The van der Waals surface area contributed by atoms with Crippen LogP contribution in [0.25, 0.3) is 11.0 Å². The van der Waals surface area contributed by atoms with Crippen molar-refractivity contribution in [2.75, 3.05) is 59.6 Å². The van der Waals surface area contributed by atoms with Crippen LogP contribution in [0.4, 0.5) is 0 Å². The van der Waals surface area contributed by atoms with Crippen LogP contribution in [0.15, 0.2) is 39.5 Å². The molecule has 1 saturated heterocycles. The van der Waals surface area contributed by atoms with E-state index in [2.05, 4.69) is 9.80 Å².